The van der Waals surface area contributed by atoms with E-state index in [1.165, 1.54) is 11.8 Å². The van der Waals surface area contributed by atoms with Gasteiger partial charge in [-0.1, -0.05) is 43.3 Å². The minimum Gasteiger partial charge on any atom is -0.462 e. The summed E-state index contributed by atoms with van der Waals surface area (Å²) in [5.74, 6) is -0.374. The van der Waals surface area contributed by atoms with Gasteiger partial charge in [-0.05, 0) is 30.7 Å². The zero-order valence-electron chi connectivity index (χ0n) is 13.3. The Bertz CT molecular complexity index is 819. The van der Waals surface area contributed by atoms with Crippen LogP contribution in [0.1, 0.15) is 41.3 Å². The molecule has 24 heavy (non-hydrogen) atoms. The highest BCUT2D eigenvalue weighted by atomic mass is 32.2. The van der Waals surface area contributed by atoms with Gasteiger partial charge in [-0.2, -0.15) is 10.5 Å². The second-order valence-electron chi connectivity index (χ2n) is 4.99. The fourth-order valence-electron chi connectivity index (χ4n) is 2.05. The third kappa shape index (κ3) is 4.16. The van der Waals surface area contributed by atoms with Crippen molar-refractivity contribution in [1.82, 2.24) is 0 Å². The minimum absolute atomic E-state index is 0.319. The smallest absolute Gasteiger partial charge is 0.339 e. The van der Waals surface area contributed by atoms with E-state index in [0.717, 1.165) is 12.8 Å². The Balaban J connectivity index is 2.31. The van der Waals surface area contributed by atoms with E-state index in [0.29, 0.717) is 33.1 Å². The van der Waals surface area contributed by atoms with Crippen molar-refractivity contribution >= 4 is 17.7 Å². The number of hydrogen-bond acceptors (Lipinski definition) is 5. The van der Waals surface area contributed by atoms with Crippen LogP contribution in [0.4, 0.5) is 0 Å². The Morgan fingerprint density at radius 3 is 2.54 bits per heavy atom. The highest BCUT2D eigenvalue weighted by Gasteiger charge is 2.16. The molecule has 4 nitrogen and oxygen atoms in total. The highest BCUT2D eigenvalue weighted by Crippen LogP contribution is 2.34. The molecule has 0 heterocycles. The number of nitriles is 2. The third-order valence-corrected chi connectivity index (χ3v) is 4.45. The topological polar surface area (TPSA) is 73.9 Å². The Labute approximate surface area is 145 Å². The fraction of sp³-hybridized carbons (Fsp3) is 0.211. The Hall–Kier alpha value is -2.76. The van der Waals surface area contributed by atoms with Crippen LogP contribution in [0.5, 0.6) is 0 Å². The molecule has 2 aromatic rings. The van der Waals surface area contributed by atoms with Crippen LogP contribution in [0, 0.1) is 22.7 Å². The number of rotatable bonds is 6. The molecule has 0 aliphatic heterocycles. The molecule has 0 bridgehead atoms. The molecule has 0 aliphatic rings. The zero-order chi connectivity index (χ0) is 17.4. The number of esters is 1. The number of unbranched alkanes of at least 4 members (excludes halogenated alkanes) is 1. The number of nitrogens with zero attached hydrogens (tertiary/aromatic N) is 2. The minimum atomic E-state index is -0.374. The molecule has 2 aromatic carbocycles. The molecule has 5 heteroatoms. The quantitative estimate of drug-likeness (QED) is 0.572. The van der Waals surface area contributed by atoms with E-state index in [9.17, 15) is 10.1 Å². The van der Waals surface area contributed by atoms with Gasteiger partial charge in [0, 0.05) is 9.79 Å². The van der Waals surface area contributed by atoms with Crippen LogP contribution >= 0.6 is 11.8 Å². The van der Waals surface area contributed by atoms with Crippen molar-refractivity contribution in [2.75, 3.05) is 6.61 Å². The molecule has 0 spiro atoms. The predicted molar refractivity (Wildman–Crippen MR) is 91.6 cm³/mol. The maximum Gasteiger partial charge on any atom is 0.339 e. The molecule has 0 radical (unpaired) electrons. The van der Waals surface area contributed by atoms with Crippen molar-refractivity contribution in [3.63, 3.8) is 0 Å². The molecular weight excluding hydrogens is 320 g/mol. The molecule has 0 saturated heterocycles. The lowest BCUT2D eigenvalue weighted by molar-refractivity contribution is 0.0495. The summed E-state index contributed by atoms with van der Waals surface area (Å²) in [5, 5.41) is 18.4. The van der Waals surface area contributed by atoms with Gasteiger partial charge >= 0.3 is 5.97 Å². The second kappa shape index (κ2) is 8.76. The average Bonchev–Trinajstić information content (AvgIpc) is 2.62. The molecule has 0 amide bonds. The van der Waals surface area contributed by atoms with Gasteiger partial charge in [-0.3, -0.25) is 0 Å². The first-order chi connectivity index (χ1) is 11.7. The first-order valence-corrected chi connectivity index (χ1v) is 8.40. The summed E-state index contributed by atoms with van der Waals surface area (Å²) in [4.78, 5) is 13.6. The standard InChI is InChI=1S/C19H16N2O2S/c1-2-3-11-23-19(22)15-8-4-5-9-17(15)24-18-10-6-7-14(12-20)16(18)13-21/h4-10H,2-3,11H2,1H3. The van der Waals surface area contributed by atoms with Crippen LogP contribution in [-0.4, -0.2) is 12.6 Å². The van der Waals surface area contributed by atoms with Crippen molar-refractivity contribution in [3.05, 3.63) is 59.2 Å². The molecular formula is C19H16N2O2S. The normalized spacial score (nSPS) is 9.79. The van der Waals surface area contributed by atoms with Crippen LogP contribution in [0.3, 0.4) is 0 Å². The monoisotopic (exact) mass is 336 g/mol. The summed E-state index contributed by atoms with van der Waals surface area (Å²) < 4.78 is 5.28. The van der Waals surface area contributed by atoms with E-state index in [-0.39, 0.29) is 5.97 Å². The SMILES string of the molecule is CCCCOC(=O)c1ccccc1Sc1cccc(C#N)c1C#N. The lowest BCUT2D eigenvalue weighted by Gasteiger charge is -2.10. The van der Waals surface area contributed by atoms with Gasteiger partial charge in [0.1, 0.15) is 12.1 Å². The number of hydrogen-bond donors (Lipinski definition) is 0. The zero-order valence-corrected chi connectivity index (χ0v) is 14.1. The van der Waals surface area contributed by atoms with Gasteiger partial charge in [0.05, 0.1) is 23.3 Å². The Morgan fingerprint density at radius 2 is 1.83 bits per heavy atom. The van der Waals surface area contributed by atoms with Gasteiger partial charge in [0.25, 0.3) is 0 Å². The maximum absolute atomic E-state index is 12.3. The summed E-state index contributed by atoms with van der Waals surface area (Å²) in [6.45, 7) is 2.42. The summed E-state index contributed by atoms with van der Waals surface area (Å²) in [7, 11) is 0. The Morgan fingerprint density at radius 1 is 1.08 bits per heavy atom. The molecule has 0 aromatic heterocycles. The number of benzene rings is 2. The molecule has 0 fully saturated rings. The van der Waals surface area contributed by atoms with E-state index >= 15 is 0 Å². The van der Waals surface area contributed by atoms with Crippen molar-refractivity contribution in [1.29, 1.82) is 10.5 Å². The first kappa shape index (κ1) is 17.6. The van der Waals surface area contributed by atoms with Crippen molar-refractivity contribution < 1.29 is 9.53 Å². The lowest BCUT2D eigenvalue weighted by Crippen LogP contribution is -2.07. The van der Waals surface area contributed by atoms with E-state index in [1.807, 2.05) is 19.1 Å². The fourth-order valence-corrected chi connectivity index (χ4v) is 3.10. The van der Waals surface area contributed by atoms with E-state index in [2.05, 4.69) is 6.07 Å². The van der Waals surface area contributed by atoms with Gasteiger partial charge < -0.3 is 4.74 Å². The average molecular weight is 336 g/mol. The van der Waals surface area contributed by atoms with Gasteiger partial charge in [-0.25, -0.2) is 4.79 Å². The summed E-state index contributed by atoms with van der Waals surface area (Å²) in [6.07, 6.45) is 1.78. The van der Waals surface area contributed by atoms with Gasteiger partial charge in [0.2, 0.25) is 0 Å². The van der Waals surface area contributed by atoms with Crippen molar-refractivity contribution in [3.8, 4) is 12.1 Å². The molecule has 0 atom stereocenters. The number of carbonyl (C=O) groups excluding carboxylic acids is 1. The number of carbonyl (C=O) groups is 1. The summed E-state index contributed by atoms with van der Waals surface area (Å²) in [6, 6.07) is 16.3. The van der Waals surface area contributed by atoms with Crippen LogP contribution in [-0.2, 0) is 4.74 Å². The molecule has 2 rings (SSSR count). The van der Waals surface area contributed by atoms with E-state index in [1.54, 1.807) is 36.4 Å². The van der Waals surface area contributed by atoms with Gasteiger partial charge in [0.15, 0.2) is 0 Å². The largest absolute Gasteiger partial charge is 0.462 e. The maximum atomic E-state index is 12.3. The lowest BCUT2D eigenvalue weighted by atomic mass is 10.1. The molecule has 0 N–H and O–H groups in total. The van der Waals surface area contributed by atoms with Crippen LogP contribution in [0.25, 0.3) is 0 Å². The molecule has 0 saturated carbocycles. The first-order valence-electron chi connectivity index (χ1n) is 7.58. The third-order valence-electron chi connectivity index (χ3n) is 3.32. The van der Waals surface area contributed by atoms with E-state index in [4.69, 9.17) is 10.00 Å². The Kier molecular flexibility index (Phi) is 6.42. The molecule has 0 unspecified atom stereocenters. The van der Waals surface area contributed by atoms with Crippen LogP contribution < -0.4 is 0 Å². The molecule has 120 valence electrons. The van der Waals surface area contributed by atoms with E-state index < -0.39 is 0 Å². The van der Waals surface area contributed by atoms with Crippen LogP contribution in [0.15, 0.2) is 52.3 Å². The van der Waals surface area contributed by atoms with Crippen molar-refractivity contribution in [2.24, 2.45) is 0 Å². The summed E-state index contributed by atoms with van der Waals surface area (Å²) in [5.41, 5.74) is 1.11. The van der Waals surface area contributed by atoms with Gasteiger partial charge in [-0.15, -0.1) is 0 Å². The highest BCUT2D eigenvalue weighted by molar-refractivity contribution is 7.99. The van der Waals surface area contributed by atoms with Crippen molar-refractivity contribution in [2.45, 2.75) is 29.6 Å². The molecule has 0 aliphatic carbocycles. The number of ether oxygens (including phenoxy) is 1. The predicted octanol–water partition coefficient (Wildman–Crippen LogP) is 4.54. The summed E-state index contributed by atoms with van der Waals surface area (Å²) >= 11 is 1.29. The van der Waals surface area contributed by atoms with Crippen LogP contribution in [0.2, 0.25) is 0 Å². The second-order valence-corrected chi connectivity index (χ2v) is 6.07.